The molecule has 0 aromatic carbocycles. The predicted molar refractivity (Wildman–Crippen MR) is 40.6 cm³/mol. The zero-order valence-corrected chi connectivity index (χ0v) is 6.59. The fraction of sp³-hybridized carbons (Fsp3) is 0.857. The lowest BCUT2D eigenvalue weighted by Crippen LogP contribution is -2.46. The second kappa shape index (κ2) is 2.46. The fourth-order valence-corrected chi connectivity index (χ4v) is 1.36. The fourth-order valence-electron chi connectivity index (χ4n) is 1.36. The van der Waals surface area contributed by atoms with Crippen molar-refractivity contribution in [3.63, 3.8) is 0 Å². The summed E-state index contributed by atoms with van der Waals surface area (Å²) in [6.45, 7) is 5.01. The highest BCUT2D eigenvalue weighted by Crippen LogP contribution is 2.16. The molecule has 2 heterocycles. The Bertz CT molecular complexity index is 185. The van der Waals surface area contributed by atoms with Crippen molar-refractivity contribution in [1.82, 2.24) is 5.32 Å². The van der Waals surface area contributed by atoms with Gasteiger partial charge in [0.25, 0.3) is 0 Å². The predicted octanol–water partition coefficient (Wildman–Crippen LogP) is -0.249. The Labute approximate surface area is 65.6 Å². The quantitative estimate of drug-likeness (QED) is 0.569. The second-order valence-corrected chi connectivity index (χ2v) is 2.84. The molecule has 0 bridgehead atoms. The van der Waals surface area contributed by atoms with Gasteiger partial charge in [-0.3, -0.25) is 5.32 Å². The molecule has 1 saturated heterocycles. The lowest BCUT2D eigenvalue weighted by atomic mass is 10.3. The summed E-state index contributed by atoms with van der Waals surface area (Å²) in [5.74, 6) is 0.704. The first-order valence-electron chi connectivity index (χ1n) is 3.88. The molecule has 11 heavy (non-hydrogen) atoms. The largest absolute Gasteiger partial charge is 0.476 e. The van der Waals surface area contributed by atoms with Gasteiger partial charge in [-0.15, -0.1) is 0 Å². The van der Waals surface area contributed by atoms with Gasteiger partial charge in [0.15, 0.2) is 5.72 Å². The third-order valence-electron chi connectivity index (χ3n) is 1.95. The van der Waals surface area contributed by atoms with Crippen molar-refractivity contribution >= 4 is 5.90 Å². The van der Waals surface area contributed by atoms with Crippen molar-refractivity contribution in [2.75, 3.05) is 26.3 Å². The highest BCUT2D eigenvalue weighted by atomic mass is 16.6. The van der Waals surface area contributed by atoms with Crippen LogP contribution in [-0.2, 0) is 9.47 Å². The van der Waals surface area contributed by atoms with Crippen LogP contribution in [0.5, 0.6) is 0 Å². The van der Waals surface area contributed by atoms with Crippen LogP contribution in [0.3, 0.4) is 0 Å². The molecular formula is C7H12N2O2. The zero-order valence-electron chi connectivity index (χ0n) is 6.59. The number of ether oxygens (including phenoxy) is 2. The summed E-state index contributed by atoms with van der Waals surface area (Å²) in [7, 11) is 0. The topological polar surface area (TPSA) is 42.8 Å². The molecule has 0 aliphatic carbocycles. The summed E-state index contributed by atoms with van der Waals surface area (Å²) in [5, 5.41) is 3.20. The van der Waals surface area contributed by atoms with Crippen molar-refractivity contribution in [2.24, 2.45) is 4.99 Å². The highest BCUT2D eigenvalue weighted by Gasteiger charge is 2.38. The van der Waals surface area contributed by atoms with Crippen molar-refractivity contribution in [2.45, 2.75) is 12.6 Å². The maximum Gasteiger partial charge on any atom is 0.232 e. The zero-order chi connectivity index (χ0) is 7.73. The molecule has 2 aliphatic rings. The van der Waals surface area contributed by atoms with Crippen molar-refractivity contribution in [3.8, 4) is 0 Å². The standard InChI is InChI=1S/C7H12N2O2/c1-7(9-3-5-11-7)6-8-2-4-10-6/h9H,2-5H2,1H3. The molecule has 2 aliphatic heterocycles. The van der Waals surface area contributed by atoms with E-state index >= 15 is 0 Å². The van der Waals surface area contributed by atoms with Gasteiger partial charge in [0.1, 0.15) is 6.61 Å². The first kappa shape index (κ1) is 7.06. The molecule has 2 rings (SSSR count). The molecule has 1 unspecified atom stereocenters. The number of hydrogen-bond acceptors (Lipinski definition) is 4. The van der Waals surface area contributed by atoms with Crippen LogP contribution in [0.25, 0.3) is 0 Å². The minimum absolute atomic E-state index is 0.448. The summed E-state index contributed by atoms with van der Waals surface area (Å²) in [5.41, 5.74) is -0.448. The van der Waals surface area contributed by atoms with E-state index in [4.69, 9.17) is 9.47 Å². The Balaban J connectivity index is 2.12. The Kier molecular flexibility index (Phi) is 1.58. The minimum atomic E-state index is -0.448. The van der Waals surface area contributed by atoms with Gasteiger partial charge in [0.05, 0.1) is 13.2 Å². The first-order valence-corrected chi connectivity index (χ1v) is 3.88. The van der Waals surface area contributed by atoms with E-state index in [2.05, 4.69) is 10.3 Å². The van der Waals surface area contributed by atoms with E-state index in [-0.39, 0.29) is 0 Å². The SMILES string of the molecule is CC1(C2=NCCO2)NCCO1. The van der Waals surface area contributed by atoms with E-state index < -0.39 is 5.72 Å². The van der Waals surface area contributed by atoms with E-state index in [0.29, 0.717) is 12.5 Å². The lowest BCUT2D eigenvalue weighted by molar-refractivity contribution is 0.0468. The molecule has 1 N–H and O–H groups in total. The van der Waals surface area contributed by atoms with E-state index in [1.54, 1.807) is 0 Å². The van der Waals surface area contributed by atoms with Crippen LogP contribution in [0.4, 0.5) is 0 Å². The smallest absolute Gasteiger partial charge is 0.232 e. The number of hydrogen-bond donors (Lipinski definition) is 1. The molecule has 0 saturated carbocycles. The highest BCUT2D eigenvalue weighted by molar-refractivity contribution is 5.85. The minimum Gasteiger partial charge on any atom is -0.476 e. The van der Waals surface area contributed by atoms with Gasteiger partial charge in [0, 0.05) is 6.54 Å². The summed E-state index contributed by atoms with van der Waals surface area (Å²) >= 11 is 0. The maximum absolute atomic E-state index is 5.46. The maximum atomic E-state index is 5.46. The molecule has 0 amide bonds. The van der Waals surface area contributed by atoms with Gasteiger partial charge < -0.3 is 9.47 Å². The average molecular weight is 156 g/mol. The normalized spacial score (nSPS) is 37.0. The molecule has 62 valence electrons. The van der Waals surface area contributed by atoms with Gasteiger partial charge in [0.2, 0.25) is 5.90 Å². The van der Waals surface area contributed by atoms with Crippen LogP contribution in [-0.4, -0.2) is 37.9 Å². The van der Waals surface area contributed by atoms with Crippen LogP contribution in [0.2, 0.25) is 0 Å². The molecule has 0 aromatic rings. The van der Waals surface area contributed by atoms with Gasteiger partial charge in [-0.05, 0) is 6.92 Å². The number of nitrogens with zero attached hydrogens (tertiary/aromatic N) is 1. The summed E-state index contributed by atoms with van der Waals surface area (Å²) in [6.07, 6.45) is 0. The average Bonchev–Trinajstić information content (AvgIpc) is 2.55. The summed E-state index contributed by atoms with van der Waals surface area (Å²) in [4.78, 5) is 4.20. The third-order valence-corrected chi connectivity index (χ3v) is 1.95. The Morgan fingerprint density at radius 2 is 2.45 bits per heavy atom. The Hall–Kier alpha value is -0.610. The monoisotopic (exact) mass is 156 g/mol. The molecule has 0 radical (unpaired) electrons. The first-order chi connectivity index (χ1) is 5.31. The van der Waals surface area contributed by atoms with Crippen LogP contribution < -0.4 is 5.32 Å². The van der Waals surface area contributed by atoms with Crippen LogP contribution in [0.1, 0.15) is 6.92 Å². The van der Waals surface area contributed by atoms with E-state index in [0.717, 1.165) is 19.7 Å². The summed E-state index contributed by atoms with van der Waals surface area (Å²) in [6, 6.07) is 0. The van der Waals surface area contributed by atoms with Gasteiger partial charge in [-0.1, -0.05) is 0 Å². The molecule has 1 atom stereocenters. The van der Waals surface area contributed by atoms with Crippen LogP contribution in [0.15, 0.2) is 4.99 Å². The van der Waals surface area contributed by atoms with Crippen molar-refractivity contribution in [1.29, 1.82) is 0 Å². The molecule has 4 nitrogen and oxygen atoms in total. The molecule has 1 fully saturated rings. The van der Waals surface area contributed by atoms with Crippen molar-refractivity contribution in [3.05, 3.63) is 0 Å². The third kappa shape index (κ3) is 1.12. The number of rotatable bonds is 1. The second-order valence-electron chi connectivity index (χ2n) is 2.84. The molecular weight excluding hydrogens is 144 g/mol. The molecule has 4 heteroatoms. The van der Waals surface area contributed by atoms with E-state index in [1.165, 1.54) is 0 Å². The molecule has 0 spiro atoms. The van der Waals surface area contributed by atoms with Gasteiger partial charge in [-0.2, -0.15) is 0 Å². The Morgan fingerprint density at radius 3 is 3.00 bits per heavy atom. The number of nitrogens with one attached hydrogen (secondary N) is 1. The lowest BCUT2D eigenvalue weighted by Gasteiger charge is -2.21. The van der Waals surface area contributed by atoms with Crippen molar-refractivity contribution < 1.29 is 9.47 Å². The summed E-state index contributed by atoms with van der Waals surface area (Å²) < 4.78 is 10.8. The van der Waals surface area contributed by atoms with Gasteiger partial charge >= 0.3 is 0 Å². The number of aliphatic imine (C=N–C) groups is 1. The Morgan fingerprint density at radius 1 is 1.55 bits per heavy atom. The van der Waals surface area contributed by atoms with Crippen LogP contribution in [0, 0.1) is 0 Å². The molecule has 0 aromatic heterocycles. The van der Waals surface area contributed by atoms with E-state index in [9.17, 15) is 0 Å². The van der Waals surface area contributed by atoms with Crippen LogP contribution >= 0.6 is 0 Å². The van der Waals surface area contributed by atoms with Gasteiger partial charge in [-0.25, -0.2) is 4.99 Å². The van der Waals surface area contributed by atoms with E-state index in [1.807, 2.05) is 6.92 Å².